The molecule has 0 aliphatic rings. The summed E-state index contributed by atoms with van der Waals surface area (Å²) < 4.78 is 2.81. The van der Waals surface area contributed by atoms with Crippen molar-refractivity contribution in [3.8, 4) is 0 Å². The average Bonchev–Trinajstić information content (AvgIpc) is 2.89. The second-order valence-electron chi connectivity index (χ2n) is 4.79. The van der Waals surface area contributed by atoms with Gasteiger partial charge in [-0.3, -0.25) is 4.68 Å². The van der Waals surface area contributed by atoms with Crippen LogP contribution in [-0.4, -0.2) is 16.8 Å². The summed E-state index contributed by atoms with van der Waals surface area (Å²) in [4.78, 5) is 1.30. The minimum Gasteiger partial charge on any atom is -0.312 e. The van der Waals surface area contributed by atoms with Crippen molar-refractivity contribution in [1.29, 1.82) is 0 Å². The number of hydrogen-bond donors (Lipinski definition) is 1. The summed E-state index contributed by atoms with van der Waals surface area (Å²) >= 11 is 7.66. The van der Waals surface area contributed by atoms with Gasteiger partial charge in [0.25, 0.3) is 0 Å². The van der Waals surface area contributed by atoms with E-state index in [0.717, 1.165) is 22.9 Å². The summed E-state index contributed by atoms with van der Waals surface area (Å²) in [7, 11) is 4.00. The molecule has 2 rings (SSSR count). The van der Waals surface area contributed by atoms with Gasteiger partial charge in [0.05, 0.1) is 10.0 Å². The van der Waals surface area contributed by atoms with Crippen LogP contribution >= 0.6 is 22.9 Å². The van der Waals surface area contributed by atoms with Crippen LogP contribution in [0.15, 0.2) is 12.1 Å². The van der Waals surface area contributed by atoms with E-state index in [9.17, 15) is 0 Å². The van der Waals surface area contributed by atoms with E-state index in [1.807, 2.05) is 24.8 Å². The molecule has 0 aromatic carbocycles. The van der Waals surface area contributed by atoms with Crippen LogP contribution in [0.4, 0.5) is 0 Å². The van der Waals surface area contributed by atoms with E-state index in [0.29, 0.717) is 6.04 Å². The Hall–Kier alpha value is -0.840. The van der Waals surface area contributed by atoms with Crippen LogP contribution in [0, 0.1) is 13.8 Å². The average molecular weight is 298 g/mol. The third-order valence-electron chi connectivity index (χ3n) is 3.63. The summed E-state index contributed by atoms with van der Waals surface area (Å²) in [5, 5.41) is 7.84. The van der Waals surface area contributed by atoms with Crippen LogP contribution in [0.5, 0.6) is 0 Å². The number of rotatable bonds is 5. The largest absolute Gasteiger partial charge is 0.312 e. The Bertz CT molecular complexity index is 559. The van der Waals surface area contributed by atoms with Gasteiger partial charge in [0.1, 0.15) is 0 Å². The molecule has 0 aliphatic heterocycles. The fourth-order valence-corrected chi connectivity index (χ4v) is 3.62. The third kappa shape index (κ3) is 3.19. The Labute approximate surface area is 123 Å². The second kappa shape index (κ2) is 6.07. The first-order valence-electron chi connectivity index (χ1n) is 6.44. The molecule has 0 saturated heterocycles. The highest BCUT2D eigenvalue weighted by Gasteiger charge is 2.15. The molecular formula is C14H20ClN3S. The molecule has 104 valence electrons. The van der Waals surface area contributed by atoms with Gasteiger partial charge >= 0.3 is 0 Å². The molecule has 2 heterocycles. The van der Waals surface area contributed by atoms with Crippen molar-refractivity contribution in [1.82, 2.24) is 15.1 Å². The Balaban J connectivity index is 2.08. The highest BCUT2D eigenvalue weighted by Crippen LogP contribution is 2.29. The lowest BCUT2D eigenvalue weighted by Crippen LogP contribution is -2.16. The van der Waals surface area contributed by atoms with Gasteiger partial charge in [-0.2, -0.15) is 5.10 Å². The lowest BCUT2D eigenvalue weighted by atomic mass is 10.0. The van der Waals surface area contributed by atoms with Gasteiger partial charge < -0.3 is 5.32 Å². The van der Waals surface area contributed by atoms with Crippen molar-refractivity contribution in [2.75, 3.05) is 7.05 Å². The molecule has 19 heavy (non-hydrogen) atoms. The first-order valence-corrected chi connectivity index (χ1v) is 7.64. The van der Waals surface area contributed by atoms with Crippen LogP contribution in [0.2, 0.25) is 4.34 Å². The van der Waals surface area contributed by atoms with Crippen LogP contribution in [0.3, 0.4) is 0 Å². The number of aryl methyl sites for hydroxylation is 2. The number of nitrogens with zero attached hydrogens (tertiary/aromatic N) is 2. The van der Waals surface area contributed by atoms with Crippen LogP contribution in [0.1, 0.15) is 34.3 Å². The van der Waals surface area contributed by atoms with Crippen LogP contribution in [0.25, 0.3) is 0 Å². The molecule has 0 bridgehead atoms. The quantitative estimate of drug-likeness (QED) is 0.913. The molecule has 2 aromatic heterocycles. The molecular weight excluding hydrogens is 278 g/mol. The third-order valence-corrected chi connectivity index (χ3v) is 4.97. The summed E-state index contributed by atoms with van der Waals surface area (Å²) in [6.45, 7) is 4.21. The molecule has 5 heteroatoms. The van der Waals surface area contributed by atoms with Crippen molar-refractivity contribution >= 4 is 22.9 Å². The number of thiophene rings is 1. The van der Waals surface area contributed by atoms with E-state index in [1.165, 1.54) is 16.1 Å². The molecule has 2 aromatic rings. The van der Waals surface area contributed by atoms with Gasteiger partial charge in [0.15, 0.2) is 0 Å². The summed E-state index contributed by atoms with van der Waals surface area (Å²) in [5.74, 6) is 0. The summed E-state index contributed by atoms with van der Waals surface area (Å²) in [6, 6.07) is 4.43. The van der Waals surface area contributed by atoms with Gasteiger partial charge in [-0.1, -0.05) is 11.6 Å². The number of aromatic nitrogens is 2. The standard InChI is InChI=1S/C14H20ClN3S/c1-9-11(10(2)18(4)17-9)5-6-12(16-3)13-7-8-14(15)19-13/h7-8,12,16H,5-6H2,1-4H3. The van der Waals surface area contributed by atoms with Crippen molar-refractivity contribution in [3.63, 3.8) is 0 Å². The predicted molar refractivity (Wildman–Crippen MR) is 82.1 cm³/mol. The van der Waals surface area contributed by atoms with Gasteiger partial charge in [-0.15, -0.1) is 11.3 Å². The number of nitrogens with one attached hydrogen (secondary N) is 1. The molecule has 1 unspecified atom stereocenters. The summed E-state index contributed by atoms with van der Waals surface area (Å²) in [6.07, 6.45) is 2.09. The number of halogens is 1. The fourth-order valence-electron chi connectivity index (χ4n) is 2.41. The van der Waals surface area contributed by atoms with Crippen molar-refractivity contribution in [2.45, 2.75) is 32.7 Å². The smallest absolute Gasteiger partial charge is 0.0931 e. The van der Waals surface area contributed by atoms with Gasteiger partial charge in [0, 0.05) is 23.7 Å². The van der Waals surface area contributed by atoms with Crippen LogP contribution in [-0.2, 0) is 13.5 Å². The lowest BCUT2D eigenvalue weighted by Gasteiger charge is -2.14. The molecule has 0 amide bonds. The fraction of sp³-hybridized carbons (Fsp3) is 0.500. The minimum atomic E-state index is 0.358. The van der Waals surface area contributed by atoms with Gasteiger partial charge in [0.2, 0.25) is 0 Å². The zero-order valence-corrected chi connectivity index (χ0v) is 13.4. The van der Waals surface area contributed by atoms with Crippen molar-refractivity contribution in [2.24, 2.45) is 7.05 Å². The van der Waals surface area contributed by atoms with E-state index in [2.05, 4.69) is 30.3 Å². The van der Waals surface area contributed by atoms with Gasteiger partial charge in [-0.05, 0) is 51.4 Å². The lowest BCUT2D eigenvalue weighted by molar-refractivity contribution is 0.556. The van der Waals surface area contributed by atoms with E-state index in [1.54, 1.807) is 11.3 Å². The van der Waals surface area contributed by atoms with Crippen molar-refractivity contribution < 1.29 is 0 Å². The topological polar surface area (TPSA) is 29.9 Å². The van der Waals surface area contributed by atoms with E-state index in [-0.39, 0.29) is 0 Å². The predicted octanol–water partition coefficient (Wildman–Crippen LogP) is 3.65. The molecule has 0 fully saturated rings. The maximum Gasteiger partial charge on any atom is 0.0931 e. The molecule has 0 aliphatic carbocycles. The Kier molecular flexibility index (Phi) is 4.66. The molecule has 0 radical (unpaired) electrons. The molecule has 1 atom stereocenters. The zero-order valence-electron chi connectivity index (χ0n) is 11.8. The van der Waals surface area contributed by atoms with Gasteiger partial charge in [-0.25, -0.2) is 0 Å². The molecule has 0 spiro atoms. The second-order valence-corrected chi connectivity index (χ2v) is 6.54. The van der Waals surface area contributed by atoms with Crippen molar-refractivity contribution in [3.05, 3.63) is 38.3 Å². The Morgan fingerprint density at radius 1 is 1.42 bits per heavy atom. The number of hydrogen-bond acceptors (Lipinski definition) is 3. The van der Waals surface area contributed by atoms with Crippen LogP contribution < -0.4 is 5.32 Å². The highest BCUT2D eigenvalue weighted by atomic mass is 35.5. The van der Waals surface area contributed by atoms with E-state index < -0.39 is 0 Å². The van der Waals surface area contributed by atoms with E-state index >= 15 is 0 Å². The summed E-state index contributed by atoms with van der Waals surface area (Å²) in [5.41, 5.74) is 3.76. The first kappa shape index (κ1) is 14.6. The maximum atomic E-state index is 6.01. The molecule has 1 N–H and O–H groups in total. The first-order chi connectivity index (χ1) is 9.02. The zero-order chi connectivity index (χ0) is 14.0. The highest BCUT2D eigenvalue weighted by molar-refractivity contribution is 7.16. The Morgan fingerprint density at radius 2 is 2.16 bits per heavy atom. The SMILES string of the molecule is CNC(CCc1c(C)nn(C)c1C)c1ccc(Cl)s1. The maximum absolute atomic E-state index is 6.01. The van der Waals surface area contributed by atoms with E-state index in [4.69, 9.17) is 11.6 Å². The monoisotopic (exact) mass is 297 g/mol. The normalized spacial score (nSPS) is 12.9. The molecule has 0 saturated carbocycles. The Morgan fingerprint density at radius 3 is 2.63 bits per heavy atom. The molecule has 3 nitrogen and oxygen atoms in total. The minimum absolute atomic E-state index is 0.358.